The van der Waals surface area contributed by atoms with Crippen LogP contribution in [0.1, 0.15) is 23.2 Å². The number of piperidine rings is 1. The summed E-state index contributed by atoms with van der Waals surface area (Å²) in [7, 11) is 1.45. The van der Waals surface area contributed by atoms with E-state index in [9.17, 15) is 14.4 Å². The minimum absolute atomic E-state index is 0.0457. The van der Waals surface area contributed by atoms with Crippen LogP contribution in [0, 0.1) is 17.1 Å². The first-order valence-electron chi connectivity index (χ1n) is 6.64. The summed E-state index contributed by atoms with van der Waals surface area (Å²) in [5.41, 5.74) is 0.0457. The monoisotopic (exact) mass is 308 g/mol. The van der Waals surface area contributed by atoms with Gasteiger partial charge in [-0.1, -0.05) is 0 Å². The molecule has 1 aromatic carbocycles. The summed E-state index contributed by atoms with van der Waals surface area (Å²) < 4.78 is 18.4. The molecule has 0 atom stereocenters. The lowest BCUT2D eigenvalue weighted by Gasteiger charge is -2.36. The van der Waals surface area contributed by atoms with Crippen molar-refractivity contribution in [2.45, 2.75) is 17.6 Å². The molecule has 1 aliphatic heterocycles. The molecule has 4 nitrogen and oxygen atoms in total. The average Bonchev–Trinajstić information content (AvgIpc) is 2.54. The molecule has 1 saturated heterocycles. The zero-order chi connectivity index (χ0) is 15.5. The Hall–Kier alpha value is -1.74. The Kier molecular flexibility index (Phi) is 4.73. The van der Waals surface area contributed by atoms with Gasteiger partial charge in [-0.25, -0.2) is 4.39 Å². The largest absolute Gasteiger partial charge is 0.497 e. The molecule has 0 bridgehead atoms. The SMILES string of the molecule is COc1ccc(C(=O)N2CCC(C#N)(SC)CC2)c(F)c1. The molecule has 1 aromatic rings. The van der Waals surface area contributed by atoms with E-state index in [4.69, 9.17) is 4.74 Å². The second kappa shape index (κ2) is 6.35. The summed E-state index contributed by atoms with van der Waals surface area (Å²) in [6.45, 7) is 0.942. The first-order valence-corrected chi connectivity index (χ1v) is 7.87. The summed E-state index contributed by atoms with van der Waals surface area (Å²) in [5, 5.41) is 9.24. The van der Waals surface area contributed by atoms with Gasteiger partial charge in [0.2, 0.25) is 0 Å². The Morgan fingerprint density at radius 2 is 2.14 bits per heavy atom. The molecule has 1 aliphatic rings. The number of hydrogen-bond acceptors (Lipinski definition) is 4. The minimum atomic E-state index is -0.582. The summed E-state index contributed by atoms with van der Waals surface area (Å²) in [4.78, 5) is 14.0. The summed E-state index contributed by atoms with van der Waals surface area (Å²) in [6, 6.07) is 6.55. The molecule has 0 radical (unpaired) electrons. The molecule has 0 aliphatic carbocycles. The molecular formula is C15H17FN2O2S. The van der Waals surface area contributed by atoms with Gasteiger partial charge in [-0.05, 0) is 31.2 Å². The van der Waals surface area contributed by atoms with E-state index in [1.165, 1.54) is 31.0 Å². The predicted molar refractivity (Wildman–Crippen MR) is 79.9 cm³/mol. The maximum absolute atomic E-state index is 13.9. The maximum Gasteiger partial charge on any atom is 0.256 e. The number of methoxy groups -OCH3 is 1. The average molecular weight is 308 g/mol. The van der Waals surface area contributed by atoms with Gasteiger partial charge in [-0.3, -0.25) is 4.79 Å². The highest BCUT2D eigenvalue weighted by Gasteiger charge is 2.36. The minimum Gasteiger partial charge on any atom is -0.497 e. The fourth-order valence-electron chi connectivity index (χ4n) is 2.40. The Morgan fingerprint density at radius 1 is 1.48 bits per heavy atom. The topological polar surface area (TPSA) is 53.3 Å². The van der Waals surface area contributed by atoms with Gasteiger partial charge in [0.15, 0.2) is 0 Å². The van der Waals surface area contributed by atoms with Crippen LogP contribution in [0.15, 0.2) is 18.2 Å². The molecule has 1 heterocycles. The highest BCUT2D eigenvalue weighted by molar-refractivity contribution is 8.00. The molecule has 6 heteroatoms. The number of hydrogen-bond donors (Lipinski definition) is 0. The fraction of sp³-hybridized carbons (Fsp3) is 0.467. The van der Waals surface area contributed by atoms with Crippen LogP contribution >= 0.6 is 11.8 Å². The standard InChI is InChI=1S/C15H17FN2O2S/c1-20-11-3-4-12(13(16)9-11)14(19)18-7-5-15(10-17,21-2)6-8-18/h3-4,9H,5-8H2,1-2H3. The van der Waals surface area contributed by atoms with Crippen molar-refractivity contribution in [1.29, 1.82) is 5.26 Å². The summed E-state index contributed by atoms with van der Waals surface area (Å²) in [6.07, 6.45) is 3.12. The second-order valence-electron chi connectivity index (χ2n) is 4.95. The van der Waals surface area contributed by atoms with Crippen molar-refractivity contribution < 1.29 is 13.9 Å². The van der Waals surface area contributed by atoms with Crippen LogP contribution in [0.5, 0.6) is 5.75 Å². The van der Waals surface area contributed by atoms with Crippen LogP contribution in [0.25, 0.3) is 0 Å². The molecule has 0 aromatic heterocycles. The van der Waals surface area contributed by atoms with Crippen molar-refractivity contribution in [2.24, 2.45) is 0 Å². The number of nitrogens with zero attached hydrogens (tertiary/aromatic N) is 2. The number of nitriles is 1. The van der Waals surface area contributed by atoms with Crippen molar-refractivity contribution in [2.75, 3.05) is 26.5 Å². The number of ether oxygens (including phenoxy) is 1. The molecule has 21 heavy (non-hydrogen) atoms. The fourth-order valence-corrected chi connectivity index (χ4v) is 3.08. The first-order chi connectivity index (χ1) is 10.0. The molecule has 1 fully saturated rings. The zero-order valence-electron chi connectivity index (χ0n) is 12.1. The van der Waals surface area contributed by atoms with E-state index in [0.717, 1.165) is 0 Å². The molecule has 1 amide bonds. The highest BCUT2D eigenvalue weighted by atomic mass is 32.2. The maximum atomic E-state index is 13.9. The van der Waals surface area contributed by atoms with Crippen LogP contribution in [0.2, 0.25) is 0 Å². The second-order valence-corrected chi connectivity index (χ2v) is 6.14. The first kappa shape index (κ1) is 15.6. The number of likely N-dealkylation sites (tertiary alicyclic amines) is 1. The quantitative estimate of drug-likeness (QED) is 0.861. The smallest absolute Gasteiger partial charge is 0.256 e. The number of thioether (sulfide) groups is 1. The normalized spacial score (nSPS) is 17.1. The summed E-state index contributed by atoms with van der Waals surface area (Å²) >= 11 is 1.52. The van der Waals surface area contributed by atoms with Gasteiger partial charge in [0.05, 0.1) is 18.7 Å². The lowest BCUT2D eigenvalue weighted by Crippen LogP contribution is -2.44. The van der Waals surface area contributed by atoms with Gasteiger partial charge in [0.1, 0.15) is 16.3 Å². The van der Waals surface area contributed by atoms with Gasteiger partial charge in [-0.2, -0.15) is 5.26 Å². The summed E-state index contributed by atoms with van der Waals surface area (Å²) in [5.74, 6) is -0.530. The Balaban J connectivity index is 2.11. The van der Waals surface area contributed by atoms with E-state index in [1.54, 1.807) is 11.0 Å². The lowest BCUT2D eigenvalue weighted by molar-refractivity contribution is 0.0712. The van der Waals surface area contributed by atoms with Crippen molar-refractivity contribution in [3.63, 3.8) is 0 Å². The molecule has 0 spiro atoms. The Bertz CT molecular complexity index is 578. The zero-order valence-corrected chi connectivity index (χ0v) is 12.9. The predicted octanol–water partition coefficient (Wildman–Crippen LogP) is 2.70. The molecule has 0 saturated carbocycles. The van der Waals surface area contributed by atoms with E-state index >= 15 is 0 Å². The van der Waals surface area contributed by atoms with Crippen LogP contribution in [-0.2, 0) is 0 Å². The third-order valence-electron chi connectivity index (χ3n) is 3.86. The number of rotatable bonds is 3. The van der Waals surface area contributed by atoms with Crippen LogP contribution in [0.3, 0.4) is 0 Å². The van der Waals surface area contributed by atoms with Crippen molar-refractivity contribution in [1.82, 2.24) is 4.90 Å². The van der Waals surface area contributed by atoms with Crippen molar-refractivity contribution in [3.8, 4) is 11.8 Å². The molecule has 0 unspecified atom stereocenters. The van der Waals surface area contributed by atoms with Crippen molar-refractivity contribution in [3.05, 3.63) is 29.6 Å². The van der Waals surface area contributed by atoms with Gasteiger partial charge < -0.3 is 9.64 Å². The van der Waals surface area contributed by atoms with E-state index in [-0.39, 0.29) is 11.5 Å². The van der Waals surface area contributed by atoms with Gasteiger partial charge in [0, 0.05) is 19.2 Å². The van der Waals surface area contributed by atoms with Crippen LogP contribution < -0.4 is 4.74 Å². The van der Waals surface area contributed by atoms with Crippen molar-refractivity contribution >= 4 is 17.7 Å². The molecule has 2 rings (SSSR count). The number of amides is 1. The lowest BCUT2D eigenvalue weighted by atomic mass is 9.96. The number of halogens is 1. The van der Waals surface area contributed by atoms with Crippen LogP contribution in [-0.4, -0.2) is 42.0 Å². The third kappa shape index (κ3) is 3.13. The number of carbonyl (C=O) groups is 1. The van der Waals surface area contributed by atoms with Gasteiger partial charge >= 0.3 is 0 Å². The highest BCUT2D eigenvalue weighted by Crippen LogP contribution is 2.34. The molecular weight excluding hydrogens is 291 g/mol. The Labute approximate surface area is 127 Å². The van der Waals surface area contributed by atoms with Gasteiger partial charge in [-0.15, -0.1) is 11.8 Å². The van der Waals surface area contributed by atoms with Crippen LogP contribution in [0.4, 0.5) is 4.39 Å². The van der Waals surface area contributed by atoms with Gasteiger partial charge in [0.25, 0.3) is 5.91 Å². The van der Waals surface area contributed by atoms with E-state index in [0.29, 0.717) is 31.7 Å². The molecule has 0 N–H and O–H groups in total. The number of benzene rings is 1. The number of carbonyl (C=O) groups excluding carboxylic acids is 1. The van der Waals surface area contributed by atoms with E-state index in [2.05, 4.69) is 6.07 Å². The third-order valence-corrected chi connectivity index (χ3v) is 5.14. The molecule has 112 valence electrons. The van der Waals surface area contributed by atoms with E-state index < -0.39 is 10.6 Å². The van der Waals surface area contributed by atoms with E-state index in [1.807, 2.05) is 6.26 Å². The Morgan fingerprint density at radius 3 is 2.62 bits per heavy atom.